The normalized spacial score (nSPS) is 43.9. The maximum absolute atomic E-state index is 16.0. The van der Waals surface area contributed by atoms with Gasteiger partial charge in [0.15, 0.2) is 5.60 Å². The van der Waals surface area contributed by atoms with Crippen LogP contribution in [-0.2, 0) is 14.3 Å². The molecule has 206 valence electrons. The van der Waals surface area contributed by atoms with Gasteiger partial charge in [0.05, 0.1) is 18.0 Å². The third-order valence-corrected chi connectivity index (χ3v) is 10.9. The van der Waals surface area contributed by atoms with Crippen molar-refractivity contribution in [2.75, 3.05) is 6.01 Å². The van der Waals surface area contributed by atoms with Crippen LogP contribution in [0.5, 0.6) is 0 Å². The highest BCUT2D eigenvalue weighted by molar-refractivity contribution is 8.13. The van der Waals surface area contributed by atoms with Crippen LogP contribution in [0, 0.1) is 28.6 Å². The highest BCUT2D eigenvalue weighted by Crippen LogP contribution is 2.69. The first-order valence-corrected chi connectivity index (χ1v) is 14.2. The average molecular weight is 547 g/mol. The highest BCUT2D eigenvalue weighted by atomic mass is 32.2. The molecule has 0 spiro atoms. The molecule has 2 saturated carbocycles. The molecule has 38 heavy (non-hydrogen) atoms. The van der Waals surface area contributed by atoms with Gasteiger partial charge in [-0.2, -0.15) is 0 Å². The smallest absolute Gasteiger partial charge is 0.375 e. The molecule has 6 unspecified atom stereocenters. The third-order valence-electron chi connectivity index (χ3n) is 10.2. The number of carbonyl (C=O) groups is 2. The minimum atomic E-state index is -1.64. The Morgan fingerprint density at radius 1 is 1.21 bits per heavy atom. The zero-order valence-corrected chi connectivity index (χ0v) is 23.4. The number of alkyl halides is 2. The lowest BCUT2D eigenvalue weighted by molar-refractivity contribution is -0.173. The molecule has 2 heterocycles. The largest absolute Gasteiger partial charge is 0.457 e. The Balaban J connectivity index is 1.66. The van der Waals surface area contributed by atoms with Crippen molar-refractivity contribution in [1.29, 1.82) is 0 Å². The number of furan rings is 1. The van der Waals surface area contributed by atoms with Gasteiger partial charge >= 0.3 is 5.97 Å². The summed E-state index contributed by atoms with van der Waals surface area (Å²) in [6.07, 6.45) is 6.66. The van der Waals surface area contributed by atoms with Crippen molar-refractivity contribution in [1.82, 2.24) is 0 Å². The molecule has 3 aliphatic carbocycles. The van der Waals surface area contributed by atoms with Gasteiger partial charge in [0.2, 0.25) is 10.9 Å². The molecule has 4 aliphatic rings. The summed E-state index contributed by atoms with van der Waals surface area (Å²) in [6.45, 7) is 13.8. The van der Waals surface area contributed by atoms with Crippen LogP contribution in [-0.4, -0.2) is 40.6 Å². The van der Waals surface area contributed by atoms with Crippen LogP contribution in [0.1, 0.15) is 64.4 Å². The zero-order valence-electron chi connectivity index (χ0n) is 22.6. The maximum atomic E-state index is 16.0. The van der Waals surface area contributed by atoms with Gasteiger partial charge in [-0.15, -0.1) is 0 Å². The van der Waals surface area contributed by atoms with Gasteiger partial charge in [0.1, 0.15) is 12.2 Å². The van der Waals surface area contributed by atoms with E-state index >= 15 is 4.39 Å². The number of ether oxygens (including phenoxy) is 2. The molecule has 1 aromatic rings. The lowest BCUT2D eigenvalue weighted by atomic mass is 9.50. The summed E-state index contributed by atoms with van der Waals surface area (Å²) in [5.41, 5.74) is -2.69. The quantitative estimate of drug-likeness (QED) is 0.379. The molecule has 1 aliphatic heterocycles. The summed E-state index contributed by atoms with van der Waals surface area (Å²) in [7, 11) is 0. The van der Waals surface area contributed by atoms with E-state index in [9.17, 15) is 14.0 Å². The number of thioether (sulfide) groups is 1. The topological polar surface area (TPSA) is 65.7 Å². The summed E-state index contributed by atoms with van der Waals surface area (Å²) >= 11 is 0.521. The molecule has 0 radical (unpaired) electrons. The maximum Gasteiger partial charge on any atom is 0.375 e. The van der Waals surface area contributed by atoms with Crippen LogP contribution in [0.15, 0.2) is 58.8 Å². The van der Waals surface area contributed by atoms with Gasteiger partial charge in [-0.25, -0.2) is 13.6 Å². The van der Waals surface area contributed by atoms with Gasteiger partial charge in [0.25, 0.3) is 0 Å². The standard InChI is InChI=1S/C30H36F2O5S/c1-17-9-10-27(4)22(12-17)23(32)14-21-20-13-18(2)30(26(34)38-16-31,37-25(33)24-8-7-11-35-24)28(20,5)15-19(3)36-29(21,27)6/h7-12,18-21,23H,1,13-16H2,2-6H3/t18-,19?,20?,21?,23+,27?,28?,29?,30+/m1/s1. The minimum absolute atomic E-state index is 0.0271. The number of rotatable bonds is 4. The third kappa shape index (κ3) is 3.58. The number of fused-ring (bicyclic) bond motifs is 5. The van der Waals surface area contributed by atoms with Gasteiger partial charge in [0, 0.05) is 16.7 Å². The summed E-state index contributed by atoms with van der Waals surface area (Å²) in [5.74, 6) is -1.74. The molecule has 9 atom stereocenters. The fourth-order valence-electron chi connectivity index (χ4n) is 8.41. The fourth-order valence-corrected chi connectivity index (χ4v) is 9.20. The Kier molecular flexibility index (Phi) is 6.62. The van der Waals surface area contributed by atoms with Crippen LogP contribution in [0.3, 0.4) is 0 Å². The SMILES string of the molecule is C=C1C=CC2(C)C(=C1)[C@@H](F)CC1C3C[C@@H](C)[C@](OC(=O)c4ccco4)(C(=O)SCF)C3(C)CC(C)OC12C. The molecule has 0 bridgehead atoms. The molecule has 0 aromatic carbocycles. The molecule has 5 rings (SSSR count). The molecular formula is C30H36F2O5S. The second-order valence-corrected chi connectivity index (χ2v) is 12.9. The number of hydrogen-bond acceptors (Lipinski definition) is 6. The van der Waals surface area contributed by atoms with E-state index in [0.29, 0.717) is 30.2 Å². The zero-order chi connectivity index (χ0) is 27.7. The monoisotopic (exact) mass is 546 g/mol. The lowest BCUT2D eigenvalue weighted by Gasteiger charge is -2.58. The van der Waals surface area contributed by atoms with Crippen molar-refractivity contribution >= 4 is 22.8 Å². The van der Waals surface area contributed by atoms with Crippen molar-refractivity contribution in [2.45, 2.75) is 77.4 Å². The van der Waals surface area contributed by atoms with Gasteiger partial charge in [-0.3, -0.25) is 4.79 Å². The molecular weight excluding hydrogens is 510 g/mol. The van der Waals surface area contributed by atoms with Crippen LogP contribution in [0.4, 0.5) is 8.78 Å². The molecule has 8 heteroatoms. The predicted molar refractivity (Wildman–Crippen MR) is 142 cm³/mol. The van der Waals surface area contributed by atoms with E-state index in [0.717, 1.165) is 5.57 Å². The minimum Gasteiger partial charge on any atom is -0.457 e. The van der Waals surface area contributed by atoms with Gasteiger partial charge < -0.3 is 13.9 Å². The molecule has 3 fully saturated rings. The first-order chi connectivity index (χ1) is 17.8. The van der Waals surface area contributed by atoms with Crippen molar-refractivity contribution in [3.8, 4) is 0 Å². The van der Waals surface area contributed by atoms with Crippen molar-refractivity contribution < 1.29 is 32.3 Å². The summed E-state index contributed by atoms with van der Waals surface area (Å²) in [6, 6.07) is 2.11. The number of hydrogen-bond donors (Lipinski definition) is 0. The predicted octanol–water partition coefficient (Wildman–Crippen LogP) is 7.01. The number of halogens is 2. The Morgan fingerprint density at radius 3 is 2.61 bits per heavy atom. The average Bonchev–Trinajstić information content (AvgIpc) is 3.43. The van der Waals surface area contributed by atoms with E-state index in [2.05, 4.69) is 13.5 Å². The van der Waals surface area contributed by atoms with E-state index in [1.165, 1.54) is 12.3 Å². The number of esters is 1. The van der Waals surface area contributed by atoms with Gasteiger partial charge in [-0.1, -0.05) is 38.7 Å². The first-order valence-electron chi connectivity index (χ1n) is 13.3. The van der Waals surface area contributed by atoms with E-state index < -0.39 is 51.2 Å². The highest BCUT2D eigenvalue weighted by Gasteiger charge is 2.74. The van der Waals surface area contributed by atoms with Crippen molar-refractivity contribution in [2.24, 2.45) is 28.6 Å². The second-order valence-electron chi connectivity index (χ2n) is 12.1. The molecule has 1 aromatic heterocycles. The number of carbonyl (C=O) groups excluding carboxylic acids is 2. The fraction of sp³-hybridized carbons (Fsp3) is 0.600. The van der Waals surface area contributed by atoms with Crippen LogP contribution >= 0.6 is 11.8 Å². The first kappa shape index (κ1) is 27.4. The molecule has 0 amide bonds. The van der Waals surface area contributed by atoms with Gasteiger partial charge in [-0.05, 0) is 86.9 Å². The Labute approximate surface area is 227 Å². The Bertz CT molecular complexity index is 1210. The van der Waals surface area contributed by atoms with Crippen molar-refractivity contribution in [3.63, 3.8) is 0 Å². The van der Waals surface area contributed by atoms with Crippen LogP contribution in [0.2, 0.25) is 0 Å². The second kappa shape index (κ2) is 9.19. The summed E-state index contributed by atoms with van der Waals surface area (Å²) in [4.78, 5) is 27.1. The lowest BCUT2D eigenvalue weighted by Crippen LogP contribution is -2.61. The van der Waals surface area contributed by atoms with E-state index in [1.807, 2.05) is 45.9 Å². The summed E-state index contributed by atoms with van der Waals surface area (Å²) in [5, 5.41) is -0.526. The Morgan fingerprint density at radius 2 is 1.95 bits per heavy atom. The van der Waals surface area contributed by atoms with E-state index in [-0.39, 0.29) is 30.1 Å². The van der Waals surface area contributed by atoms with Crippen LogP contribution in [0.25, 0.3) is 0 Å². The number of allylic oxidation sites excluding steroid dienone is 3. The van der Waals surface area contributed by atoms with E-state index in [4.69, 9.17) is 13.9 Å². The van der Waals surface area contributed by atoms with Crippen LogP contribution < -0.4 is 0 Å². The summed E-state index contributed by atoms with van der Waals surface area (Å²) < 4.78 is 48.0. The van der Waals surface area contributed by atoms with Crippen molar-refractivity contribution in [3.05, 3.63) is 60.1 Å². The molecule has 1 saturated heterocycles. The molecule has 0 N–H and O–H groups in total. The molecule has 5 nitrogen and oxygen atoms in total. The Hall–Kier alpha value is -2.19. The van der Waals surface area contributed by atoms with E-state index in [1.54, 1.807) is 6.07 Å².